The number of hydrogen-bond donors (Lipinski definition) is 0. The Bertz CT molecular complexity index is 4320. The number of para-hydroxylation sites is 4. The molecule has 0 aliphatic heterocycles. The lowest BCUT2D eigenvalue weighted by Crippen LogP contribution is -2.31. The summed E-state index contributed by atoms with van der Waals surface area (Å²) in [6, 6.07) is 37.2. The van der Waals surface area contributed by atoms with Crippen LogP contribution in [0.5, 0.6) is 11.5 Å². The van der Waals surface area contributed by atoms with Gasteiger partial charge in [-0.1, -0.05) is 187 Å². The van der Waals surface area contributed by atoms with Crippen molar-refractivity contribution in [3.63, 3.8) is 0 Å². The maximum Gasteiger partial charge on any atom is 0.269 e. The van der Waals surface area contributed by atoms with Crippen molar-refractivity contribution in [3.8, 4) is 62.1 Å². The van der Waals surface area contributed by atoms with Gasteiger partial charge in [-0.3, -0.25) is 13.7 Å². The highest BCUT2D eigenvalue weighted by Gasteiger charge is 2.25. The van der Waals surface area contributed by atoms with Gasteiger partial charge in [0.1, 0.15) is 17.3 Å². The molecule has 0 spiro atoms. The fourth-order valence-electron chi connectivity index (χ4n) is 8.90. The molecule has 0 unspecified atom stereocenters. The lowest BCUT2D eigenvalue weighted by atomic mass is 9.78. The molecule has 0 fully saturated rings. The number of pyridine rings is 1. The minimum atomic E-state index is -2.78. The van der Waals surface area contributed by atoms with E-state index < -0.39 is 55.2 Å². The third-order valence-electron chi connectivity index (χ3n) is 12.4. The Balaban J connectivity index is 1.06. The molecule has 0 atom stereocenters. The van der Waals surface area contributed by atoms with Crippen molar-refractivity contribution < 1.29 is 27.1 Å². The van der Waals surface area contributed by atoms with Gasteiger partial charge in [-0.2, -0.15) is 0 Å². The largest absolute Gasteiger partial charge is 0.458 e. The number of rotatable bonds is 8. The minimum Gasteiger partial charge on any atom is -0.458 e. The lowest BCUT2D eigenvalue weighted by Gasteiger charge is -2.27. The highest BCUT2D eigenvalue weighted by Crippen LogP contribution is 2.40. The first-order valence-corrected chi connectivity index (χ1v) is 22.5. The van der Waals surface area contributed by atoms with E-state index in [0.717, 1.165) is 44.1 Å². The molecule has 0 aliphatic rings. The van der Waals surface area contributed by atoms with Gasteiger partial charge in [-0.25, -0.2) is 4.98 Å². The van der Waals surface area contributed by atoms with Crippen LogP contribution in [0.3, 0.4) is 0 Å². The molecule has 68 heavy (non-hydrogen) atoms. The van der Waals surface area contributed by atoms with Crippen LogP contribution in [0, 0.1) is 13.2 Å². The molecule has 0 saturated carbocycles. The minimum absolute atomic E-state index is 0.0591. The van der Waals surface area contributed by atoms with E-state index >= 15 is 0 Å². The molecule has 332 valence electrons. The number of ether oxygens (including phenoxy) is 1. The van der Waals surface area contributed by atoms with Crippen LogP contribution in [0.25, 0.3) is 83.4 Å². The summed E-state index contributed by atoms with van der Waals surface area (Å²) in [5.74, 6) is 1.13. The maximum absolute atomic E-state index is 9.22. The summed E-state index contributed by atoms with van der Waals surface area (Å²) in [6.45, 7) is 10.3. The molecule has 0 bridgehead atoms. The normalized spacial score (nSPS) is 14.9. The van der Waals surface area contributed by atoms with Crippen molar-refractivity contribution in [1.82, 2.24) is 14.1 Å². The smallest absolute Gasteiger partial charge is 0.269 e. The molecular weight excluding hydrogens is 829 g/mol. The number of fused-ring (bicyclic) bond motifs is 4. The van der Waals surface area contributed by atoms with Crippen LogP contribution in [-0.2, 0) is 10.8 Å². The van der Waals surface area contributed by atoms with E-state index in [1.807, 2.05) is 117 Å². The second-order valence-corrected chi connectivity index (χ2v) is 19.0. The molecule has 0 aliphatic carbocycles. The Kier molecular flexibility index (Phi) is 7.44. The van der Waals surface area contributed by atoms with Crippen molar-refractivity contribution in [3.05, 3.63) is 223 Å². The topological polar surface area (TPSA) is 35.9 Å². The Morgan fingerprint density at radius 1 is 0.559 bits per heavy atom. The SMILES string of the molecule is [2H]c1c([2H])c([2H])c(-c2cnc(-n3c4ccccc4c4ccc(Oc5cccc(-n6[c-][n+](-c7c(-c8cc(C(C)(C)C)cc(C(C)(C)C)c8)cccc7-c7c([2H])c([2H])c([2H])c([2H])c7[2H])c7ccccc76)c5)cc43)cc2C([2H])([2H])[2H])c([2H])c1[2H]. The van der Waals surface area contributed by atoms with Crippen molar-refractivity contribution in [2.45, 2.75) is 59.2 Å². The first-order chi connectivity index (χ1) is 38.2. The number of imidazole rings is 1. The van der Waals surface area contributed by atoms with Gasteiger partial charge in [0.2, 0.25) is 0 Å². The molecule has 0 saturated heterocycles. The molecule has 5 nitrogen and oxygen atoms in total. The van der Waals surface area contributed by atoms with Crippen molar-refractivity contribution in [1.29, 1.82) is 0 Å². The monoisotopic (exact) mass is 896 g/mol. The number of benzene rings is 8. The van der Waals surface area contributed by atoms with E-state index in [-0.39, 0.29) is 51.0 Å². The summed E-state index contributed by atoms with van der Waals surface area (Å²) in [5.41, 5.74) is 7.36. The van der Waals surface area contributed by atoms with E-state index in [4.69, 9.17) is 24.8 Å². The van der Waals surface area contributed by atoms with Crippen LogP contribution in [0.1, 0.15) is 76.1 Å². The van der Waals surface area contributed by atoms with Gasteiger partial charge in [0.15, 0.2) is 0 Å². The van der Waals surface area contributed by atoms with Crippen molar-refractivity contribution >= 4 is 32.8 Å². The van der Waals surface area contributed by atoms with Gasteiger partial charge < -0.3 is 4.74 Å². The van der Waals surface area contributed by atoms with Crippen LogP contribution in [-0.4, -0.2) is 14.1 Å². The van der Waals surface area contributed by atoms with Crippen LogP contribution in [0.4, 0.5) is 0 Å². The summed E-state index contributed by atoms with van der Waals surface area (Å²) in [4.78, 5) is 4.72. The predicted molar refractivity (Wildman–Crippen MR) is 281 cm³/mol. The molecule has 0 radical (unpaired) electrons. The average molecular weight is 896 g/mol. The molecule has 11 aromatic rings. The first-order valence-electron chi connectivity index (χ1n) is 29.0. The Morgan fingerprint density at radius 3 is 1.88 bits per heavy atom. The Morgan fingerprint density at radius 2 is 1.18 bits per heavy atom. The summed E-state index contributed by atoms with van der Waals surface area (Å²) in [7, 11) is 0. The summed E-state index contributed by atoms with van der Waals surface area (Å²) in [6.07, 6.45) is 4.89. The molecule has 0 amide bonds. The van der Waals surface area contributed by atoms with E-state index in [2.05, 4.69) is 66.1 Å². The van der Waals surface area contributed by atoms with Crippen LogP contribution >= 0.6 is 0 Å². The van der Waals surface area contributed by atoms with Crippen molar-refractivity contribution in [2.24, 2.45) is 0 Å². The zero-order valence-corrected chi connectivity index (χ0v) is 38.5. The zero-order chi connectivity index (χ0) is 57.9. The number of nitrogens with zero attached hydrogens (tertiary/aromatic N) is 4. The van der Waals surface area contributed by atoms with Crippen LogP contribution < -0.4 is 9.30 Å². The highest BCUT2D eigenvalue weighted by molar-refractivity contribution is 6.09. The quantitative estimate of drug-likeness (QED) is 0.113. The van der Waals surface area contributed by atoms with Gasteiger partial charge in [0.05, 0.1) is 47.1 Å². The van der Waals surface area contributed by atoms with Crippen molar-refractivity contribution in [2.75, 3.05) is 0 Å². The lowest BCUT2D eigenvalue weighted by molar-refractivity contribution is -0.571. The molecule has 11 rings (SSSR count). The number of aromatic nitrogens is 4. The molecular formula is C63H54N4O. The first kappa shape index (κ1) is 30.3. The van der Waals surface area contributed by atoms with Gasteiger partial charge in [-0.05, 0) is 105 Å². The third kappa shape index (κ3) is 7.74. The molecule has 0 N–H and O–H groups in total. The molecule has 5 heteroatoms. The van der Waals surface area contributed by atoms with Gasteiger partial charge in [0.25, 0.3) is 6.33 Å². The number of aryl methyl sites for hydroxylation is 1. The van der Waals surface area contributed by atoms with Gasteiger partial charge in [0, 0.05) is 32.7 Å². The van der Waals surface area contributed by atoms with Crippen LogP contribution in [0.2, 0.25) is 0 Å². The Labute approximate surface area is 417 Å². The van der Waals surface area contributed by atoms with E-state index in [1.165, 1.54) is 12.3 Å². The van der Waals surface area contributed by atoms with E-state index in [0.29, 0.717) is 39.5 Å². The average Bonchev–Trinajstić information content (AvgIpc) is 3.23. The van der Waals surface area contributed by atoms with Gasteiger partial charge in [-0.15, -0.1) is 0 Å². The summed E-state index contributed by atoms with van der Waals surface area (Å²) < 4.78 is 124. The van der Waals surface area contributed by atoms with Gasteiger partial charge >= 0.3 is 0 Å². The Hall–Kier alpha value is -8.02. The second kappa shape index (κ2) is 16.7. The molecule has 3 heterocycles. The summed E-state index contributed by atoms with van der Waals surface area (Å²) in [5, 5.41) is 1.67. The zero-order valence-electron chi connectivity index (χ0n) is 51.5. The maximum atomic E-state index is 9.22. The number of hydrogen-bond acceptors (Lipinski definition) is 2. The second-order valence-electron chi connectivity index (χ2n) is 19.0. The fraction of sp³-hybridized carbons (Fsp3) is 0.143. The third-order valence-corrected chi connectivity index (χ3v) is 12.4. The highest BCUT2D eigenvalue weighted by atomic mass is 16.5. The molecule has 8 aromatic carbocycles. The molecule has 3 aromatic heterocycles. The van der Waals surface area contributed by atoms with E-state index in [9.17, 15) is 2.74 Å². The summed E-state index contributed by atoms with van der Waals surface area (Å²) >= 11 is 0. The van der Waals surface area contributed by atoms with E-state index in [1.54, 1.807) is 6.07 Å². The fourth-order valence-corrected chi connectivity index (χ4v) is 8.90. The standard InChI is InChI=1S/C63H54N4O/c1-42-34-60(64-40-55(42)44-22-12-9-13-23-44)67-56-29-15-14-26-53(56)54-33-32-50(39-59(54)67)68-49-25-18-24-48(38-49)65-41-66(58-31-17-16-30-57(58)65)61-51(43-20-10-8-11-21-43)27-19-28-52(61)45-35-46(62(2,3)4)37-47(36-45)63(5,6)7/h8-40H,1-7H3/i1D3,8D,9D,10D,11D,12D,13D,20D,21D,22D,23D. The predicted octanol–water partition coefficient (Wildman–Crippen LogP) is 15.9. The van der Waals surface area contributed by atoms with Crippen LogP contribution in [0.15, 0.2) is 200 Å².